The van der Waals surface area contributed by atoms with Gasteiger partial charge in [-0.15, -0.1) is 0 Å². The first-order valence-electron chi connectivity index (χ1n) is 11.5. The lowest BCUT2D eigenvalue weighted by atomic mass is 10.0. The van der Waals surface area contributed by atoms with Crippen molar-refractivity contribution < 1.29 is 19.1 Å². The molecule has 178 valence electrons. The molecule has 2 aliphatic rings. The van der Waals surface area contributed by atoms with E-state index in [1.807, 2.05) is 61.5 Å². The molecule has 1 N–H and O–H groups in total. The van der Waals surface area contributed by atoms with Crippen LogP contribution < -0.4 is 19.9 Å². The number of hydrogen-bond donors (Lipinski definition) is 1. The van der Waals surface area contributed by atoms with Crippen molar-refractivity contribution in [3.63, 3.8) is 0 Å². The molecule has 35 heavy (non-hydrogen) atoms. The molecule has 2 atom stereocenters. The van der Waals surface area contributed by atoms with Crippen molar-refractivity contribution in [3.8, 4) is 11.5 Å². The second-order valence-corrected chi connectivity index (χ2v) is 8.81. The Balaban J connectivity index is 1.35. The Bertz CT molecular complexity index is 1240. The molecule has 2 saturated heterocycles. The first-order chi connectivity index (χ1) is 16.9. The zero-order valence-electron chi connectivity index (χ0n) is 19.5. The summed E-state index contributed by atoms with van der Waals surface area (Å²) in [4.78, 5) is 44.3. The molecule has 8 nitrogen and oxygen atoms in total. The predicted octanol–water partition coefficient (Wildman–Crippen LogP) is 3.88. The van der Waals surface area contributed by atoms with E-state index < -0.39 is 24.0 Å². The number of likely N-dealkylation sites (tertiary alicyclic amines) is 1. The van der Waals surface area contributed by atoms with Crippen molar-refractivity contribution in [2.45, 2.75) is 18.5 Å². The number of nitrogens with one attached hydrogen (secondary N) is 1. The van der Waals surface area contributed by atoms with E-state index >= 15 is 0 Å². The Hall–Kier alpha value is -4.33. The van der Waals surface area contributed by atoms with Crippen LogP contribution in [0.15, 0.2) is 78.9 Å². The fourth-order valence-corrected chi connectivity index (χ4v) is 4.53. The molecule has 5 rings (SSSR count). The minimum atomic E-state index is -0.756. The van der Waals surface area contributed by atoms with Gasteiger partial charge in [-0.25, -0.2) is 9.69 Å². The van der Waals surface area contributed by atoms with Gasteiger partial charge in [0.15, 0.2) is 0 Å². The van der Waals surface area contributed by atoms with Gasteiger partial charge in [-0.1, -0.05) is 18.2 Å². The summed E-state index contributed by atoms with van der Waals surface area (Å²) in [5, 5.41) is 2.91. The number of hydrogen-bond acceptors (Lipinski definition) is 5. The van der Waals surface area contributed by atoms with Crippen molar-refractivity contribution in [2.24, 2.45) is 0 Å². The van der Waals surface area contributed by atoms with E-state index in [9.17, 15) is 14.4 Å². The molecule has 0 spiro atoms. The Kier molecular flexibility index (Phi) is 5.86. The first kappa shape index (κ1) is 22.5. The highest BCUT2D eigenvalue weighted by Crippen LogP contribution is 2.31. The summed E-state index contributed by atoms with van der Waals surface area (Å²) in [6.07, 6.45) is 0.529. The van der Waals surface area contributed by atoms with E-state index in [-0.39, 0.29) is 5.91 Å². The second kappa shape index (κ2) is 9.13. The number of fused-ring (bicyclic) bond motifs is 1. The first-order valence-corrected chi connectivity index (χ1v) is 11.5. The highest BCUT2D eigenvalue weighted by Gasteiger charge is 2.50. The van der Waals surface area contributed by atoms with E-state index in [0.29, 0.717) is 35.7 Å². The number of urea groups is 1. The van der Waals surface area contributed by atoms with Crippen LogP contribution in [-0.4, -0.2) is 55.5 Å². The van der Waals surface area contributed by atoms with E-state index in [2.05, 4.69) is 5.32 Å². The van der Waals surface area contributed by atoms with E-state index in [0.717, 1.165) is 10.6 Å². The molecule has 2 heterocycles. The summed E-state index contributed by atoms with van der Waals surface area (Å²) in [6, 6.07) is 21.7. The number of carbonyl (C=O) groups excluding carboxylic acids is 3. The number of carbonyl (C=O) groups is 3. The number of rotatable bonds is 5. The summed E-state index contributed by atoms with van der Waals surface area (Å²) in [5.41, 5.74) is 1.91. The maximum atomic E-state index is 13.5. The van der Waals surface area contributed by atoms with Crippen LogP contribution >= 0.6 is 0 Å². The summed E-state index contributed by atoms with van der Waals surface area (Å²) in [6.45, 7) is 0.396. The van der Waals surface area contributed by atoms with Gasteiger partial charge in [0.2, 0.25) is 0 Å². The third kappa shape index (κ3) is 4.30. The molecular weight excluding hydrogens is 444 g/mol. The largest absolute Gasteiger partial charge is 0.457 e. The predicted molar refractivity (Wildman–Crippen MR) is 133 cm³/mol. The second-order valence-electron chi connectivity index (χ2n) is 8.81. The number of nitrogens with zero attached hydrogens (tertiary/aromatic N) is 3. The summed E-state index contributed by atoms with van der Waals surface area (Å²) in [7, 11) is 3.86. The average Bonchev–Trinajstić information content (AvgIpc) is 3.29. The van der Waals surface area contributed by atoms with E-state index in [1.54, 1.807) is 41.3 Å². The van der Waals surface area contributed by atoms with E-state index in [4.69, 9.17) is 4.74 Å². The van der Waals surface area contributed by atoms with Gasteiger partial charge in [0.25, 0.3) is 11.8 Å². The van der Waals surface area contributed by atoms with Crippen LogP contribution in [0.4, 0.5) is 16.2 Å². The van der Waals surface area contributed by atoms with Crippen LogP contribution in [0.5, 0.6) is 11.5 Å². The minimum Gasteiger partial charge on any atom is -0.457 e. The standard InChI is InChI=1S/C27H26N4O4/c1-29(2)19-10-8-18(9-11-19)25(32)30-17-16-23-24(30)26(33)31(27(34)28-23)20-12-14-22(15-13-20)35-21-6-4-3-5-7-21/h3-15,23-24H,16-17H2,1-2H3,(H,28,34)/t23-,24+/m1/s1. The zero-order chi connectivity index (χ0) is 24.5. The van der Waals surface area contributed by atoms with Crippen molar-refractivity contribution in [2.75, 3.05) is 30.4 Å². The number of amides is 4. The molecule has 3 aromatic rings. The normalized spacial score (nSPS) is 19.3. The molecule has 0 bridgehead atoms. The van der Waals surface area contributed by atoms with Crippen molar-refractivity contribution >= 4 is 29.2 Å². The van der Waals surface area contributed by atoms with Gasteiger partial charge in [0.05, 0.1) is 11.7 Å². The quantitative estimate of drug-likeness (QED) is 0.612. The fourth-order valence-electron chi connectivity index (χ4n) is 4.53. The van der Waals surface area contributed by atoms with Crippen LogP contribution in [0.2, 0.25) is 0 Å². The van der Waals surface area contributed by atoms with Crippen LogP contribution in [0.1, 0.15) is 16.8 Å². The molecular formula is C27H26N4O4. The lowest BCUT2D eigenvalue weighted by Crippen LogP contribution is -2.65. The van der Waals surface area contributed by atoms with Crippen LogP contribution in [0, 0.1) is 0 Å². The van der Waals surface area contributed by atoms with Gasteiger partial charge < -0.3 is 19.9 Å². The maximum Gasteiger partial charge on any atom is 0.329 e. The highest BCUT2D eigenvalue weighted by molar-refractivity contribution is 6.19. The van der Waals surface area contributed by atoms with Gasteiger partial charge in [-0.05, 0) is 67.1 Å². The van der Waals surface area contributed by atoms with Crippen molar-refractivity contribution in [3.05, 3.63) is 84.4 Å². The molecule has 8 heteroatoms. The number of ether oxygens (including phenoxy) is 1. The maximum absolute atomic E-state index is 13.5. The van der Waals surface area contributed by atoms with Crippen molar-refractivity contribution in [1.29, 1.82) is 0 Å². The molecule has 0 aliphatic carbocycles. The minimum absolute atomic E-state index is 0.223. The number of anilines is 2. The number of benzene rings is 3. The molecule has 2 fully saturated rings. The fraction of sp³-hybridized carbons (Fsp3) is 0.222. The lowest BCUT2D eigenvalue weighted by molar-refractivity contribution is -0.122. The Labute approximate surface area is 203 Å². The SMILES string of the molecule is CN(C)c1ccc(C(=O)N2CC[C@H]3NC(=O)N(c4ccc(Oc5ccccc5)cc4)C(=O)[C@H]32)cc1. The zero-order valence-corrected chi connectivity index (χ0v) is 19.5. The lowest BCUT2D eigenvalue weighted by Gasteiger charge is -2.37. The van der Waals surface area contributed by atoms with Crippen LogP contribution in [0.3, 0.4) is 0 Å². The number of imide groups is 1. The Morgan fingerprint density at radius 1 is 0.914 bits per heavy atom. The highest BCUT2D eigenvalue weighted by atomic mass is 16.5. The molecule has 2 aliphatic heterocycles. The molecule has 4 amide bonds. The Morgan fingerprint density at radius 3 is 2.23 bits per heavy atom. The van der Waals surface area contributed by atoms with Gasteiger partial charge in [0.1, 0.15) is 17.5 Å². The van der Waals surface area contributed by atoms with Gasteiger partial charge in [0, 0.05) is 31.9 Å². The molecule has 0 radical (unpaired) electrons. The topological polar surface area (TPSA) is 82.2 Å². The van der Waals surface area contributed by atoms with Crippen molar-refractivity contribution in [1.82, 2.24) is 10.2 Å². The van der Waals surface area contributed by atoms with E-state index in [1.165, 1.54) is 0 Å². The third-order valence-electron chi connectivity index (χ3n) is 6.35. The third-order valence-corrected chi connectivity index (χ3v) is 6.35. The van der Waals surface area contributed by atoms with Crippen LogP contribution in [-0.2, 0) is 4.79 Å². The summed E-state index contributed by atoms with van der Waals surface area (Å²) >= 11 is 0. The molecule has 0 unspecified atom stereocenters. The monoisotopic (exact) mass is 470 g/mol. The molecule has 0 saturated carbocycles. The van der Waals surface area contributed by atoms with Gasteiger partial charge >= 0.3 is 6.03 Å². The molecule has 0 aromatic heterocycles. The molecule has 3 aromatic carbocycles. The van der Waals surface area contributed by atoms with Gasteiger partial charge in [-0.2, -0.15) is 0 Å². The average molecular weight is 471 g/mol. The number of para-hydroxylation sites is 1. The summed E-state index contributed by atoms with van der Waals surface area (Å²) in [5.74, 6) is 0.639. The summed E-state index contributed by atoms with van der Waals surface area (Å²) < 4.78 is 5.80. The Morgan fingerprint density at radius 2 is 1.57 bits per heavy atom. The van der Waals surface area contributed by atoms with Gasteiger partial charge in [-0.3, -0.25) is 9.59 Å². The smallest absolute Gasteiger partial charge is 0.329 e. The van der Waals surface area contributed by atoms with Crippen LogP contribution in [0.25, 0.3) is 0 Å².